The molecule has 0 radical (unpaired) electrons. The van der Waals surface area contributed by atoms with E-state index in [4.69, 9.17) is 0 Å². The Kier molecular flexibility index (Phi) is 5.25. The first kappa shape index (κ1) is 16.0. The fourth-order valence-electron chi connectivity index (χ4n) is 1.52. The number of aliphatic hydroxyl groups excluding tert-OH is 1. The summed E-state index contributed by atoms with van der Waals surface area (Å²) in [6.07, 6.45) is 6.37. The van der Waals surface area contributed by atoms with Gasteiger partial charge in [0.2, 0.25) is 0 Å². The van der Waals surface area contributed by atoms with Gasteiger partial charge in [-0.05, 0) is 30.3 Å². The second-order valence-electron chi connectivity index (χ2n) is 6.84. The van der Waals surface area contributed by atoms with Gasteiger partial charge in [0.1, 0.15) is 0 Å². The minimum Gasteiger partial charge on any atom is -0.512 e. The monoisotopic (exact) mass is 236 g/mol. The topological polar surface area (TPSA) is 20.2 Å². The Morgan fingerprint density at radius 2 is 1.41 bits per heavy atom. The van der Waals surface area contributed by atoms with Gasteiger partial charge in [0, 0.05) is 0 Å². The Morgan fingerprint density at radius 1 is 0.941 bits per heavy atom. The van der Waals surface area contributed by atoms with Crippen molar-refractivity contribution < 1.29 is 5.11 Å². The molecule has 1 heteroatoms. The van der Waals surface area contributed by atoms with E-state index in [2.05, 4.69) is 66.7 Å². The van der Waals surface area contributed by atoms with E-state index in [9.17, 15) is 5.11 Å². The molecule has 0 saturated heterocycles. The van der Waals surface area contributed by atoms with Gasteiger partial charge in [-0.25, -0.2) is 0 Å². The van der Waals surface area contributed by atoms with E-state index in [1.54, 1.807) is 6.92 Å². The third-order valence-corrected chi connectivity index (χ3v) is 2.42. The molecule has 1 nitrogen and oxygen atoms in total. The summed E-state index contributed by atoms with van der Waals surface area (Å²) in [5.41, 5.74) is 2.32. The standard InChI is InChI=1S/C16H28O/c1-12(9-10-15(3,4)5)11-14(13(2)17)16(6,7)8/h9-11,17H,1-8H3/b10-9+,12-11-,14-13-. The van der Waals surface area contributed by atoms with Gasteiger partial charge in [-0.3, -0.25) is 0 Å². The highest BCUT2D eigenvalue weighted by Crippen LogP contribution is 2.29. The predicted molar refractivity (Wildman–Crippen MR) is 77.1 cm³/mol. The van der Waals surface area contributed by atoms with Crippen LogP contribution in [0.3, 0.4) is 0 Å². The molecule has 0 rings (SSSR count). The second-order valence-corrected chi connectivity index (χ2v) is 6.84. The van der Waals surface area contributed by atoms with Gasteiger partial charge in [-0.15, -0.1) is 0 Å². The minimum atomic E-state index is -0.0321. The van der Waals surface area contributed by atoms with Crippen LogP contribution in [-0.4, -0.2) is 5.11 Å². The number of hydrogen-bond donors (Lipinski definition) is 1. The van der Waals surface area contributed by atoms with Gasteiger partial charge in [0.05, 0.1) is 5.76 Å². The SMILES string of the molecule is CC(=C/C(=C(\C)O)C(C)(C)C)/C=C/C(C)(C)C. The molecule has 0 aromatic carbocycles. The Labute approximate surface area is 107 Å². The fraction of sp³-hybridized carbons (Fsp3) is 0.625. The highest BCUT2D eigenvalue weighted by molar-refractivity contribution is 5.34. The van der Waals surface area contributed by atoms with E-state index >= 15 is 0 Å². The van der Waals surface area contributed by atoms with Gasteiger partial charge in [-0.2, -0.15) is 0 Å². The van der Waals surface area contributed by atoms with E-state index < -0.39 is 0 Å². The van der Waals surface area contributed by atoms with Crippen LogP contribution >= 0.6 is 0 Å². The quantitative estimate of drug-likeness (QED) is 0.502. The zero-order chi connectivity index (χ0) is 13.9. The summed E-state index contributed by atoms with van der Waals surface area (Å²) < 4.78 is 0. The van der Waals surface area contributed by atoms with Crippen LogP contribution in [0.2, 0.25) is 0 Å². The molecule has 0 heterocycles. The molecule has 0 fully saturated rings. The Morgan fingerprint density at radius 3 is 1.71 bits per heavy atom. The van der Waals surface area contributed by atoms with Gasteiger partial charge in [0.15, 0.2) is 0 Å². The van der Waals surface area contributed by atoms with Crippen molar-refractivity contribution in [3.05, 3.63) is 35.1 Å². The summed E-state index contributed by atoms with van der Waals surface area (Å²) >= 11 is 0. The van der Waals surface area contributed by atoms with Crippen LogP contribution in [0.4, 0.5) is 0 Å². The van der Waals surface area contributed by atoms with Crippen molar-refractivity contribution >= 4 is 0 Å². The van der Waals surface area contributed by atoms with E-state index in [0.717, 1.165) is 5.57 Å². The zero-order valence-electron chi connectivity index (χ0n) is 12.7. The van der Waals surface area contributed by atoms with E-state index in [1.807, 2.05) is 0 Å². The molecule has 98 valence electrons. The third kappa shape index (κ3) is 7.04. The average molecular weight is 236 g/mol. The van der Waals surface area contributed by atoms with Crippen LogP contribution in [0.5, 0.6) is 0 Å². The molecule has 0 saturated carbocycles. The molecule has 0 aromatic heterocycles. The maximum absolute atomic E-state index is 9.74. The third-order valence-electron chi connectivity index (χ3n) is 2.42. The Balaban J connectivity index is 5.14. The summed E-state index contributed by atoms with van der Waals surface area (Å²) in [7, 11) is 0. The van der Waals surface area contributed by atoms with Crippen molar-refractivity contribution in [2.24, 2.45) is 10.8 Å². The van der Waals surface area contributed by atoms with Gasteiger partial charge >= 0.3 is 0 Å². The lowest BCUT2D eigenvalue weighted by Crippen LogP contribution is -2.10. The van der Waals surface area contributed by atoms with E-state index in [1.165, 1.54) is 5.57 Å². The Bertz CT molecular complexity index is 337. The van der Waals surface area contributed by atoms with Crippen molar-refractivity contribution in [1.29, 1.82) is 0 Å². The van der Waals surface area contributed by atoms with Gasteiger partial charge in [-0.1, -0.05) is 65.3 Å². The summed E-state index contributed by atoms with van der Waals surface area (Å²) in [6, 6.07) is 0. The molecular formula is C16H28O. The average Bonchev–Trinajstić information content (AvgIpc) is 2.07. The lowest BCUT2D eigenvalue weighted by atomic mass is 9.84. The largest absolute Gasteiger partial charge is 0.512 e. The molecule has 0 unspecified atom stereocenters. The number of allylic oxidation sites excluding steroid dienone is 6. The van der Waals surface area contributed by atoms with Crippen LogP contribution in [0.1, 0.15) is 55.4 Å². The first-order chi connectivity index (χ1) is 7.43. The first-order valence-electron chi connectivity index (χ1n) is 6.21. The van der Waals surface area contributed by atoms with Gasteiger partial charge < -0.3 is 5.11 Å². The normalized spacial score (nSPS) is 16.4. The highest BCUT2D eigenvalue weighted by Gasteiger charge is 2.17. The van der Waals surface area contributed by atoms with Crippen molar-refractivity contribution in [2.75, 3.05) is 0 Å². The fourth-order valence-corrected chi connectivity index (χ4v) is 1.52. The summed E-state index contributed by atoms with van der Waals surface area (Å²) in [5.74, 6) is 0.404. The van der Waals surface area contributed by atoms with Crippen LogP contribution in [0.15, 0.2) is 35.1 Å². The van der Waals surface area contributed by atoms with Crippen molar-refractivity contribution in [2.45, 2.75) is 55.4 Å². The second kappa shape index (κ2) is 5.57. The highest BCUT2D eigenvalue weighted by atomic mass is 16.3. The maximum Gasteiger partial charge on any atom is 0.0929 e. The van der Waals surface area contributed by atoms with Crippen molar-refractivity contribution in [3.63, 3.8) is 0 Å². The van der Waals surface area contributed by atoms with E-state index in [0.29, 0.717) is 5.76 Å². The Hall–Kier alpha value is -0.980. The summed E-state index contributed by atoms with van der Waals surface area (Å²) in [5, 5.41) is 9.74. The first-order valence-corrected chi connectivity index (χ1v) is 6.21. The summed E-state index contributed by atoms with van der Waals surface area (Å²) in [4.78, 5) is 0. The molecule has 0 amide bonds. The molecule has 17 heavy (non-hydrogen) atoms. The molecule has 0 aliphatic rings. The molecule has 0 aromatic rings. The number of rotatable bonds is 2. The van der Waals surface area contributed by atoms with Crippen LogP contribution < -0.4 is 0 Å². The molecule has 0 bridgehead atoms. The number of hydrogen-bond acceptors (Lipinski definition) is 1. The van der Waals surface area contributed by atoms with Crippen molar-refractivity contribution in [3.8, 4) is 0 Å². The molecule has 0 aliphatic carbocycles. The summed E-state index contributed by atoms with van der Waals surface area (Å²) in [6.45, 7) is 16.7. The molecule has 1 N–H and O–H groups in total. The lowest BCUT2D eigenvalue weighted by Gasteiger charge is -2.21. The molecular weight excluding hydrogens is 208 g/mol. The van der Waals surface area contributed by atoms with Crippen molar-refractivity contribution in [1.82, 2.24) is 0 Å². The smallest absolute Gasteiger partial charge is 0.0929 e. The molecule has 0 spiro atoms. The van der Waals surface area contributed by atoms with Crippen LogP contribution in [-0.2, 0) is 0 Å². The molecule has 0 atom stereocenters. The predicted octanol–water partition coefficient (Wildman–Crippen LogP) is 5.41. The van der Waals surface area contributed by atoms with Crippen LogP contribution in [0, 0.1) is 10.8 Å². The van der Waals surface area contributed by atoms with Crippen LogP contribution in [0.25, 0.3) is 0 Å². The van der Waals surface area contributed by atoms with E-state index in [-0.39, 0.29) is 10.8 Å². The number of aliphatic hydroxyl groups is 1. The zero-order valence-corrected chi connectivity index (χ0v) is 12.7. The maximum atomic E-state index is 9.74. The molecule has 0 aliphatic heterocycles. The minimum absolute atomic E-state index is 0.0321. The lowest BCUT2D eigenvalue weighted by molar-refractivity contribution is 0.381. The van der Waals surface area contributed by atoms with Gasteiger partial charge in [0.25, 0.3) is 0 Å².